The second kappa shape index (κ2) is 8.02. The van der Waals surface area contributed by atoms with Gasteiger partial charge in [-0.05, 0) is 43.5 Å². The zero-order valence-corrected chi connectivity index (χ0v) is 15.3. The Kier molecular flexibility index (Phi) is 6.31. The van der Waals surface area contributed by atoms with E-state index in [0.717, 1.165) is 24.4 Å². The molecule has 1 fully saturated rings. The summed E-state index contributed by atoms with van der Waals surface area (Å²) in [5.41, 5.74) is 0.996. The Morgan fingerprint density at radius 3 is 2.61 bits per heavy atom. The third-order valence-corrected chi connectivity index (χ3v) is 4.54. The molecule has 128 valence electrons. The van der Waals surface area contributed by atoms with Gasteiger partial charge < -0.3 is 9.64 Å². The van der Waals surface area contributed by atoms with Crippen molar-refractivity contribution < 1.29 is 9.53 Å². The maximum absolute atomic E-state index is 12.5. The van der Waals surface area contributed by atoms with Crippen molar-refractivity contribution in [2.75, 3.05) is 33.8 Å². The molecule has 1 aromatic rings. The first-order valence-corrected chi connectivity index (χ1v) is 8.55. The van der Waals surface area contributed by atoms with Crippen LogP contribution in [0.3, 0.4) is 0 Å². The fraction of sp³-hybridized carbons (Fsp3) is 0.611. The van der Waals surface area contributed by atoms with Crippen molar-refractivity contribution >= 4 is 17.5 Å². The van der Waals surface area contributed by atoms with Gasteiger partial charge in [0.15, 0.2) is 0 Å². The second-order valence-electron chi connectivity index (χ2n) is 6.87. The zero-order valence-electron chi connectivity index (χ0n) is 14.5. The number of carbonyl (C=O) groups excluding carboxylic acids is 1. The molecule has 23 heavy (non-hydrogen) atoms. The SMILES string of the molecule is COc1ccc(Cl)cc1CN(C)CC(=O)N1CC(C)CC(C)C1. The minimum atomic E-state index is 0.201. The van der Waals surface area contributed by atoms with Gasteiger partial charge in [0.2, 0.25) is 5.91 Å². The van der Waals surface area contributed by atoms with Gasteiger partial charge in [-0.15, -0.1) is 0 Å². The molecule has 0 bridgehead atoms. The predicted octanol–water partition coefficient (Wildman–Crippen LogP) is 3.28. The second-order valence-corrected chi connectivity index (χ2v) is 7.31. The molecule has 0 N–H and O–H groups in total. The third-order valence-electron chi connectivity index (χ3n) is 4.31. The van der Waals surface area contributed by atoms with E-state index < -0.39 is 0 Å². The van der Waals surface area contributed by atoms with Crippen molar-refractivity contribution in [3.8, 4) is 5.75 Å². The average Bonchev–Trinajstić information content (AvgIpc) is 2.46. The predicted molar refractivity (Wildman–Crippen MR) is 93.9 cm³/mol. The van der Waals surface area contributed by atoms with Crippen molar-refractivity contribution in [1.82, 2.24) is 9.80 Å². The van der Waals surface area contributed by atoms with Crippen LogP contribution in [0.5, 0.6) is 5.75 Å². The third kappa shape index (κ3) is 5.11. The Labute approximate surface area is 144 Å². The van der Waals surface area contributed by atoms with Crippen LogP contribution in [0.15, 0.2) is 18.2 Å². The summed E-state index contributed by atoms with van der Waals surface area (Å²) in [4.78, 5) is 16.6. The molecule has 1 aromatic carbocycles. The number of amides is 1. The number of halogens is 1. The van der Waals surface area contributed by atoms with Crippen LogP contribution in [0, 0.1) is 11.8 Å². The summed E-state index contributed by atoms with van der Waals surface area (Å²) in [6.45, 7) is 7.23. The Morgan fingerprint density at radius 2 is 2.00 bits per heavy atom. The van der Waals surface area contributed by atoms with E-state index in [1.165, 1.54) is 6.42 Å². The van der Waals surface area contributed by atoms with E-state index in [0.29, 0.717) is 29.9 Å². The molecular formula is C18H27ClN2O2. The van der Waals surface area contributed by atoms with Gasteiger partial charge in [-0.1, -0.05) is 25.4 Å². The number of likely N-dealkylation sites (N-methyl/N-ethyl adjacent to an activating group) is 1. The normalized spacial score (nSPS) is 21.6. The lowest BCUT2D eigenvalue weighted by atomic mass is 9.92. The largest absolute Gasteiger partial charge is 0.496 e. The molecule has 4 nitrogen and oxygen atoms in total. The van der Waals surface area contributed by atoms with E-state index in [1.54, 1.807) is 7.11 Å². The summed E-state index contributed by atoms with van der Waals surface area (Å²) in [5, 5.41) is 0.680. The van der Waals surface area contributed by atoms with E-state index in [4.69, 9.17) is 16.3 Å². The first-order chi connectivity index (χ1) is 10.9. The molecular weight excluding hydrogens is 312 g/mol. The molecule has 1 aliphatic heterocycles. The van der Waals surface area contributed by atoms with Crippen molar-refractivity contribution in [1.29, 1.82) is 0 Å². The number of hydrogen-bond donors (Lipinski definition) is 0. The number of hydrogen-bond acceptors (Lipinski definition) is 3. The quantitative estimate of drug-likeness (QED) is 0.826. The fourth-order valence-electron chi connectivity index (χ4n) is 3.41. The Bertz CT molecular complexity index is 540. The molecule has 0 spiro atoms. The van der Waals surface area contributed by atoms with E-state index in [1.807, 2.05) is 35.0 Å². The van der Waals surface area contributed by atoms with Crippen molar-refractivity contribution in [3.05, 3.63) is 28.8 Å². The molecule has 1 amide bonds. The number of nitrogens with zero attached hydrogens (tertiary/aromatic N) is 2. The smallest absolute Gasteiger partial charge is 0.236 e. The van der Waals surface area contributed by atoms with Gasteiger partial charge in [-0.25, -0.2) is 0 Å². The van der Waals surface area contributed by atoms with E-state index >= 15 is 0 Å². The lowest BCUT2D eigenvalue weighted by Gasteiger charge is -2.36. The molecule has 2 rings (SSSR count). The maximum Gasteiger partial charge on any atom is 0.236 e. The van der Waals surface area contributed by atoms with Gasteiger partial charge in [-0.3, -0.25) is 9.69 Å². The summed E-state index contributed by atoms with van der Waals surface area (Å²) >= 11 is 6.07. The molecule has 0 saturated carbocycles. The fourth-order valence-corrected chi connectivity index (χ4v) is 3.61. The highest BCUT2D eigenvalue weighted by molar-refractivity contribution is 6.30. The van der Waals surface area contributed by atoms with Crippen LogP contribution < -0.4 is 4.74 Å². The van der Waals surface area contributed by atoms with Gasteiger partial charge in [0.05, 0.1) is 13.7 Å². The van der Waals surface area contributed by atoms with Gasteiger partial charge in [-0.2, -0.15) is 0 Å². The van der Waals surface area contributed by atoms with Crippen LogP contribution in [0.2, 0.25) is 5.02 Å². The standard InChI is InChI=1S/C18H27ClN2O2/c1-13-7-14(2)10-21(9-13)18(22)12-20(3)11-15-8-16(19)5-6-17(15)23-4/h5-6,8,13-14H,7,9-12H2,1-4H3. The van der Waals surface area contributed by atoms with Crippen molar-refractivity contribution in [2.45, 2.75) is 26.8 Å². The number of piperidine rings is 1. The van der Waals surface area contributed by atoms with Crippen LogP contribution in [0.1, 0.15) is 25.8 Å². The molecule has 5 heteroatoms. The average molecular weight is 339 g/mol. The summed E-state index contributed by atoms with van der Waals surface area (Å²) in [6, 6.07) is 5.57. The molecule has 0 aromatic heterocycles. The van der Waals surface area contributed by atoms with E-state index in [2.05, 4.69) is 13.8 Å². The molecule has 1 aliphatic rings. The first kappa shape index (κ1) is 18.1. The maximum atomic E-state index is 12.5. The Morgan fingerprint density at radius 1 is 1.35 bits per heavy atom. The van der Waals surface area contributed by atoms with Crippen LogP contribution in [-0.4, -0.2) is 49.5 Å². The first-order valence-electron chi connectivity index (χ1n) is 8.17. The van der Waals surface area contributed by atoms with Crippen LogP contribution >= 0.6 is 11.6 Å². The molecule has 0 radical (unpaired) electrons. The number of rotatable bonds is 5. The number of likely N-dealkylation sites (tertiary alicyclic amines) is 1. The summed E-state index contributed by atoms with van der Waals surface area (Å²) in [5.74, 6) is 2.17. The highest BCUT2D eigenvalue weighted by Crippen LogP contribution is 2.24. The monoisotopic (exact) mass is 338 g/mol. The van der Waals surface area contributed by atoms with Crippen LogP contribution in [0.25, 0.3) is 0 Å². The molecule has 2 atom stereocenters. The molecule has 2 unspecified atom stereocenters. The minimum absolute atomic E-state index is 0.201. The minimum Gasteiger partial charge on any atom is -0.496 e. The van der Waals surface area contributed by atoms with Gasteiger partial charge in [0.1, 0.15) is 5.75 Å². The topological polar surface area (TPSA) is 32.8 Å². The highest BCUT2D eigenvalue weighted by Gasteiger charge is 2.25. The Hall–Kier alpha value is -1.26. The number of carbonyl (C=O) groups is 1. The number of benzene rings is 1. The van der Waals surface area contributed by atoms with Gasteiger partial charge >= 0.3 is 0 Å². The molecule has 0 aliphatic carbocycles. The summed E-state index contributed by atoms with van der Waals surface area (Å²) in [6.07, 6.45) is 1.21. The van der Waals surface area contributed by atoms with E-state index in [9.17, 15) is 4.79 Å². The van der Waals surface area contributed by atoms with Crippen LogP contribution in [0.4, 0.5) is 0 Å². The number of ether oxygens (including phenoxy) is 1. The summed E-state index contributed by atoms with van der Waals surface area (Å²) in [7, 11) is 3.60. The lowest BCUT2D eigenvalue weighted by Crippen LogP contribution is -2.46. The Balaban J connectivity index is 1.95. The summed E-state index contributed by atoms with van der Waals surface area (Å²) < 4.78 is 5.37. The van der Waals surface area contributed by atoms with Gasteiger partial charge in [0, 0.05) is 30.2 Å². The van der Waals surface area contributed by atoms with Crippen molar-refractivity contribution in [3.63, 3.8) is 0 Å². The lowest BCUT2D eigenvalue weighted by molar-refractivity contribution is -0.134. The molecule has 1 heterocycles. The number of methoxy groups -OCH3 is 1. The molecule has 1 saturated heterocycles. The van der Waals surface area contributed by atoms with E-state index in [-0.39, 0.29) is 5.91 Å². The zero-order chi connectivity index (χ0) is 17.0. The van der Waals surface area contributed by atoms with Crippen LogP contribution in [-0.2, 0) is 11.3 Å². The van der Waals surface area contributed by atoms with Crippen molar-refractivity contribution in [2.24, 2.45) is 11.8 Å². The highest BCUT2D eigenvalue weighted by atomic mass is 35.5. The van der Waals surface area contributed by atoms with Gasteiger partial charge in [0.25, 0.3) is 0 Å².